The topological polar surface area (TPSA) is 49.4 Å². The summed E-state index contributed by atoms with van der Waals surface area (Å²) in [7, 11) is -3.49. The average Bonchev–Trinajstić information content (AvgIpc) is 2.32. The summed E-state index contributed by atoms with van der Waals surface area (Å²) in [6.45, 7) is 5.41. The molecule has 1 fully saturated rings. The highest BCUT2D eigenvalue weighted by Gasteiger charge is 2.30. The normalized spacial score (nSPS) is 22.1. The van der Waals surface area contributed by atoms with Gasteiger partial charge in [0.05, 0.1) is 5.02 Å². The molecule has 0 bridgehead atoms. The van der Waals surface area contributed by atoms with Crippen LogP contribution in [0.3, 0.4) is 0 Å². The zero-order chi connectivity index (χ0) is 13.3. The summed E-state index contributed by atoms with van der Waals surface area (Å²) in [5.41, 5.74) is 0.779. The van der Waals surface area contributed by atoms with Crippen LogP contribution in [0, 0.1) is 6.92 Å². The Morgan fingerprint density at radius 3 is 2.83 bits per heavy atom. The van der Waals surface area contributed by atoms with Crippen molar-refractivity contribution in [3.8, 4) is 0 Å². The van der Waals surface area contributed by atoms with E-state index in [9.17, 15) is 8.42 Å². The quantitative estimate of drug-likeness (QED) is 0.900. The molecule has 1 aromatic rings. The molecule has 0 radical (unpaired) electrons. The molecule has 100 valence electrons. The minimum absolute atomic E-state index is 0.164. The predicted molar refractivity (Wildman–Crippen MR) is 72.4 cm³/mol. The second-order valence-corrected chi connectivity index (χ2v) is 6.89. The molecule has 1 aliphatic heterocycles. The van der Waals surface area contributed by atoms with Crippen LogP contribution in [-0.4, -0.2) is 38.4 Å². The number of sulfonamides is 1. The lowest BCUT2D eigenvalue weighted by Gasteiger charge is -2.31. The summed E-state index contributed by atoms with van der Waals surface area (Å²) in [6.07, 6.45) is 0. The average molecular weight is 289 g/mol. The number of rotatable bonds is 2. The highest BCUT2D eigenvalue weighted by atomic mass is 35.5. The van der Waals surface area contributed by atoms with Crippen LogP contribution in [0.25, 0.3) is 0 Å². The molecule has 1 saturated heterocycles. The standard InChI is InChI=1S/C12H17ClN2O2S/c1-9-4-3-5-11(12(9)13)18(16,17)15-7-6-14-10(2)8-15/h3-5,10,14H,6-8H2,1-2H3. The first-order valence-electron chi connectivity index (χ1n) is 5.91. The molecule has 0 aromatic heterocycles. The zero-order valence-corrected chi connectivity index (χ0v) is 12.1. The van der Waals surface area contributed by atoms with Crippen molar-refractivity contribution in [2.24, 2.45) is 0 Å². The largest absolute Gasteiger partial charge is 0.312 e. The number of nitrogens with zero attached hydrogens (tertiary/aromatic N) is 1. The van der Waals surface area contributed by atoms with Gasteiger partial charge in [-0.25, -0.2) is 8.42 Å². The van der Waals surface area contributed by atoms with Crippen LogP contribution in [0.1, 0.15) is 12.5 Å². The molecule has 1 heterocycles. The van der Waals surface area contributed by atoms with Crippen molar-refractivity contribution in [1.29, 1.82) is 0 Å². The van der Waals surface area contributed by atoms with Gasteiger partial charge < -0.3 is 5.32 Å². The van der Waals surface area contributed by atoms with E-state index in [1.54, 1.807) is 12.1 Å². The van der Waals surface area contributed by atoms with Gasteiger partial charge in [-0.1, -0.05) is 23.7 Å². The van der Waals surface area contributed by atoms with Crippen LogP contribution >= 0.6 is 11.6 Å². The third-order valence-corrected chi connectivity index (χ3v) is 5.63. The Bertz CT molecular complexity index is 545. The minimum Gasteiger partial charge on any atom is -0.312 e. The number of aryl methyl sites for hydroxylation is 1. The van der Waals surface area contributed by atoms with Crippen molar-refractivity contribution >= 4 is 21.6 Å². The van der Waals surface area contributed by atoms with E-state index in [2.05, 4.69) is 5.32 Å². The molecular weight excluding hydrogens is 272 g/mol. The van der Waals surface area contributed by atoms with Gasteiger partial charge >= 0.3 is 0 Å². The molecule has 0 aliphatic carbocycles. The van der Waals surface area contributed by atoms with Gasteiger partial charge in [-0.2, -0.15) is 4.31 Å². The molecule has 4 nitrogen and oxygen atoms in total. The number of nitrogens with one attached hydrogen (secondary N) is 1. The lowest BCUT2D eigenvalue weighted by atomic mass is 10.2. The smallest absolute Gasteiger partial charge is 0.244 e. The van der Waals surface area contributed by atoms with E-state index in [1.807, 2.05) is 19.9 Å². The highest BCUT2D eigenvalue weighted by molar-refractivity contribution is 7.89. The summed E-state index contributed by atoms with van der Waals surface area (Å²) in [4.78, 5) is 0.207. The molecule has 1 aromatic carbocycles. The fourth-order valence-corrected chi connectivity index (χ4v) is 4.16. The maximum Gasteiger partial charge on any atom is 0.244 e. The van der Waals surface area contributed by atoms with Gasteiger partial charge in [-0.05, 0) is 25.5 Å². The first-order valence-corrected chi connectivity index (χ1v) is 7.73. The van der Waals surface area contributed by atoms with Crippen LogP contribution in [0.2, 0.25) is 5.02 Å². The molecule has 0 amide bonds. The van der Waals surface area contributed by atoms with Crippen LogP contribution < -0.4 is 5.32 Å². The van der Waals surface area contributed by atoms with Crippen molar-refractivity contribution in [3.05, 3.63) is 28.8 Å². The second-order valence-electron chi connectivity index (χ2n) is 4.61. The highest BCUT2D eigenvalue weighted by Crippen LogP contribution is 2.27. The van der Waals surface area contributed by atoms with E-state index in [4.69, 9.17) is 11.6 Å². The second kappa shape index (κ2) is 5.17. The molecule has 2 rings (SSSR count). The maximum atomic E-state index is 12.5. The lowest BCUT2D eigenvalue weighted by molar-refractivity contribution is 0.310. The van der Waals surface area contributed by atoms with Gasteiger partial charge in [-0.15, -0.1) is 0 Å². The molecular formula is C12H17ClN2O2S. The molecule has 18 heavy (non-hydrogen) atoms. The van der Waals surface area contributed by atoms with Gasteiger partial charge in [0.15, 0.2) is 0 Å². The van der Waals surface area contributed by atoms with Crippen molar-refractivity contribution < 1.29 is 8.42 Å². The Hall–Kier alpha value is -0.620. The summed E-state index contributed by atoms with van der Waals surface area (Å²) in [5, 5.41) is 3.55. The number of hydrogen-bond acceptors (Lipinski definition) is 3. The van der Waals surface area contributed by atoms with Crippen LogP contribution in [0.4, 0.5) is 0 Å². The fraction of sp³-hybridized carbons (Fsp3) is 0.500. The summed E-state index contributed by atoms with van der Waals surface area (Å²) >= 11 is 6.11. The van der Waals surface area contributed by atoms with Crippen molar-refractivity contribution in [3.63, 3.8) is 0 Å². The molecule has 1 N–H and O–H groups in total. The predicted octanol–water partition coefficient (Wildman–Crippen LogP) is 1.63. The molecule has 0 saturated carbocycles. The monoisotopic (exact) mass is 288 g/mol. The van der Waals surface area contributed by atoms with Crippen molar-refractivity contribution in [1.82, 2.24) is 9.62 Å². The van der Waals surface area contributed by atoms with E-state index in [-0.39, 0.29) is 10.9 Å². The SMILES string of the molecule is Cc1cccc(S(=O)(=O)N2CCNC(C)C2)c1Cl. The Kier molecular flexibility index (Phi) is 3.96. The Morgan fingerprint density at radius 1 is 1.44 bits per heavy atom. The summed E-state index contributed by atoms with van der Waals surface area (Å²) in [5.74, 6) is 0. The lowest BCUT2D eigenvalue weighted by Crippen LogP contribution is -2.51. The minimum atomic E-state index is -3.49. The van der Waals surface area contributed by atoms with E-state index in [0.29, 0.717) is 24.7 Å². The molecule has 1 unspecified atom stereocenters. The van der Waals surface area contributed by atoms with E-state index in [1.165, 1.54) is 4.31 Å². The molecule has 6 heteroatoms. The Balaban J connectivity index is 2.39. The van der Waals surface area contributed by atoms with Crippen LogP contribution in [-0.2, 0) is 10.0 Å². The summed E-state index contributed by atoms with van der Waals surface area (Å²) in [6, 6.07) is 5.26. The van der Waals surface area contributed by atoms with E-state index in [0.717, 1.165) is 5.56 Å². The van der Waals surface area contributed by atoms with Crippen molar-refractivity contribution in [2.45, 2.75) is 24.8 Å². The van der Waals surface area contributed by atoms with Gasteiger partial charge in [0, 0.05) is 25.7 Å². The van der Waals surface area contributed by atoms with Gasteiger partial charge in [0.1, 0.15) is 4.90 Å². The third-order valence-electron chi connectivity index (χ3n) is 3.11. The number of piperazine rings is 1. The maximum absolute atomic E-state index is 12.5. The van der Waals surface area contributed by atoms with Gasteiger partial charge in [0.25, 0.3) is 0 Å². The number of halogens is 1. The van der Waals surface area contributed by atoms with Gasteiger partial charge in [-0.3, -0.25) is 0 Å². The molecule has 1 aliphatic rings. The van der Waals surface area contributed by atoms with Crippen LogP contribution in [0.15, 0.2) is 23.1 Å². The fourth-order valence-electron chi connectivity index (χ4n) is 2.07. The Morgan fingerprint density at radius 2 is 2.17 bits per heavy atom. The third kappa shape index (κ3) is 2.54. The number of benzene rings is 1. The zero-order valence-electron chi connectivity index (χ0n) is 10.5. The number of hydrogen-bond donors (Lipinski definition) is 1. The first-order chi connectivity index (χ1) is 8.43. The Labute approximate surface area is 113 Å². The molecule has 1 atom stereocenters. The van der Waals surface area contributed by atoms with E-state index >= 15 is 0 Å². The first kappa shape index (κ1) is 13.8. The summed E-state index contributed by atoms with van der Waals surface area (Å²) < 4.78 is 26.5. The van der Waals surface area contributed by atoms with Gasteiger partial charge in [0.2, 0.25) is 10.0 Å². The van der Waals surface area contributed by atoms with E-state index < -0.39 is 10.0 Å². The molecule has 0 spiro atoms. The van der Waals surface area contributed by atoms with Crippen LogP contribution in [0.5, 0.6) is 0 Å². The van der Waals surface area contributed by atoms with Crippen molar-refractivity contribution in [2.75, 3.05) is 19.6 Å².